The van der Waals surface area contributed by atoms with Crippen molar-refractivity contribution in [3.05, 3.63) is 53.6 Å². The molecule has 4 rings (SSSR count). The molecule has 0 aromatic heterocycles. The van der Waals surface area contributed by atoms with Crippen molar-refractivity contribution in [2.45, 2.75) is 25.4 Å². The molecule has 2 atom stereocenters. The Balaban J connectivity index is 1.67. The molecule has 0 spiro atoms. The number of carbonyl (C=O) groups is 1. The normalized spacial score (nSPS) is 22.2. The number of benzene rings is 2. The van der Waals surface area contributed by atoms with Gasteiger partial charge in [0.15, 0.2) is 11.5 Å². The molecule has 2 aliphatic rings. The van der Waals surface area contributed by atoms with Crippen molar-refractivity contribution in [1.82, 2.24) is 0 Å². The van der Waals surface area contributed by atoms with Gasteiger partial charge in [-0.1, -0.05) is 25.1 Å². The molecule has 2 heterocycles. The van der Waals surface area contributed by atoms with Gasteiger partial charge < -0.3 is 20.1 Å². The van der Waals surface area contributed by atoms with Crippen LogP contribution in [0, 0.1) is 0 Å². The average molecular weight is 310 g/mol. The number of fused-ring (bicyclic) bond motifs is 1. The number of ether oxygens (including phenoxy) is 2. The Morgan fingerprint density at radius 1 is 1.13 bits per heavy atom. The Morgan fingerprint density at radius 3 is 2.61 bits per heavy atom. The third-order valence-corrected chi connectivity index (χ3v) is 4.50. The lowest BCUT2D eigenvalue weighted by Crippen LogP contribution is -2.63. The zero-order chi connectivity index (χ0) is 16.0. The van der Waals surface area contributed by atoms with Crippen molar-refractivity contribution < 1.29 is 14.3 Å². The van der Waals surface area contributed by atoms with Gasteiger partial charge in [-0.25, -0.2) is 0 Å². The molecule has 0 bridgehead atoms. The van der Waals surface area contributed by atoms with E-state index in [1.54, 1.807) is 4.90 Å². The summed E-state index contributed by atoms with van der Waals surface area (Å²) in [6.07, 6.45) is 0.972. The summed E-state index contributed by atoms with van der Waals surface area (Å²) in [5, 5.41) is 0. The predicted octanol–water partition coefficient (Wildman–Crippen LogP) is 2.39. The minimum absolute atomic E-state index is 0.0584. The number of carbonyl (C=O) groups excluding carboxylic acids is 1. The lowest BCUT2D eigenvalue weighted by molar-refractivity contribution is -0.126. The van der Waals surface area contributed by atoms with Gasteiger partial charge in [0.1, 0.15) is 6.04 Å². The largest absolute Gasteiger partial charge is 0.454 e. The summed E-state index contributed by atoms with van der Waals surface area (Å²) in [5.74, 6) is 1.37. The lowest BCUT2D eigenvalue weighted by atomic mass is 9.88. The number of nitrogens with two attached hydrogens (primary N) is 1. The number of anilines is 1. The third kappa shape index (κ3) is 2.16. The van der Waals surface area contributed by atoms with Crippen LogP contribution in [0.25, 0.3) is 0 Å². The monoisotopic (exact) mass is 310 g/mol. The zero-order valence-electron chi connectivity index (χ0n) is 12.9. The first kappa shape index (κ1) is 14.1. The molecule has 2 aromatic carbocycles. The van der Waals surface area contributed by atoms with Gasteiger partial charge >= 0.3 is 0 Å². The van der Waals surface area contributed by atoms with Gasteiger partial charge in [-0.3, -0.25) is 4.79 Å². The number of nitrogens with zero attached hydrogens (tertiary/aromatic N) is 1. The van der Waals surface area contributed by atoms with Crippen LogP contribution in [0.3, 0.4) is 0 Å². The van der Waals surface area contributed by atoms with E-state index >= 15 is 0 Å². The van der Waals surface area contributed by atoms with E-state index in [0.717, 1.165) is 23.4 Å². The number of aryl methyl sites for hydroxylation is 1. The van der Waals surface area contributed by atoms with Gasteiger partial charge in [-0.05, 0) is 41.8 Å². The first-order valence-corrected chi connectivity index (χ1v) is 7.76. The maximum absolute atomic E-state index is 12.3. The zero-order valence-corrected chi connectivity index (χ0v) is 12.9. The Labute approximate surface area is 134 Å². The Hall–Kier alpha value is -2.53. The van der Waals surface area contributed by atoms with Crippen LogP contribution in [0.15, 0.2) is 42.5 Å². The molecular weight excluding hydrogens is 292 g/mol. The molecule has 1 amide bonds. The van der Waals surface area contributed by atoms with Crippen LogP contribution >= 0.6 is 0 Å². The highest BCUT2D eigenvalue weighted by molar-refractivity contribution is 6.05. The molecule has 5 heteroatoms. The number of hydrogen-bond donors (Lipinski definition) is 1. The predicted molar refractivity (Wildman–Crippen MR) is 86.6 cm³/mol. The molecule has 0 saturated carbocycles. The Kier molecular flexibility index (Phi) is 3.23. The SMILES string of the molecule is CCc1ccc(N2C(=O)C(N)C2c2ccc3c(c2)OCO3)cc1. The molecule has 1 saturated heterocycles. The highest BCUT2D eigenvalue weighted by Crippen LogP contribution is 2.42. The highest BCUT2D eigenvalue weighted by atomic mass is 16.7. The second kappa shape index (κ2) is 5.28. The average Bonchev–Trinajstić information content (AvgIpc) is 3.06. The van der Waals surface area contributed by atoms with Crippen molar-refractivity contribution in [2.24, 2.45) is 5.73 Å². The van der Waals surface area contributed by atoms with E-state index in [9.17, 15) is 4.79 Å². The fourth-order valence-electron chi connectivity index (χ4n) is 3.14. The van der Waals surface area contributed by atoms with E-state index in [1.807, 2.05) is 42.5 Å². The first-order valence-electron chi connectivity index (χ1n) is 7.76. The Bertz CT molecular complexity index is 757. The summed E-state index contributed by atoms with van der Waals surface area (Å²) < 4.78 is 10.8. The van der Waals surface area contributed by atoms with Crippen LogP contribution in [0.5, 0.6) is 11.5 Å². The van der Waals surface area contributed by atoms with E-state index in [1.165, 1.54) is 5.56 Å². The van der Waals surface area contributed by atoms with Gasteiger partial charge in [0.2, 0.25) is 12.7 Å². The van der Waals surface area contributed by atoms with Gasteiger partial charge in [-0.2, -0.15) is 0 Å². The molecular formula is C18H18N2O3. The van der Waals surface area contributed by atoms with Crippen molar-refractivity contribution in [3.63, 3.8) is 0 Å². The molecule has 118 valence electrons. The molecule has 2 aliphatic heterocycles. The number of amides is 1. The molecule has 2 aromatic rings. The molecule has 0 aliphatic carbocycles. The van der Waals surface area contributed by atoms with Crippen LogP contribution in [-0.4, -0.2) is 18.7 Å². The second-order valence-corrected chi connectivity index (χ2v) is 5.81. The molecule has 2 unspecified atom stereocenters. The minimum atomic E-state index is -0.527. The van der Waals surface area contributed by atoms with E-state index < -0.39 is 6.04 Å². The van der Waals surface area contributed by atoms with Crippen molar-refractivity contribution in [3.8, 4) is 11.5 Å². The number of hydrogen-bond acceptors (Lipinski definition) is 4. The van der Waals surface area contributed by atoms with Crippen LogP contribution in [0.2, 0.25) is 0 Å². The van der Waals surface area contributed by atoms with Gasteiger partial charge in [0, 0.05) is 5.69 Å². The van der Waals surface area contributed by atoms with Gasteiger partial charge in [0.25, 0.3) is 0 Å². The molecule has 23 heavy (non-hydrogen) atoms. The van der Waals surface area contributed by atoms with Crippen LogP contribution in [0.1, 0.15) is 24.1 Å². The van der Waals surface area contributed by atoms with E-state index in [2.05, 4.69) is 6.92 Å². The molecule has 0 radical (unpaired) electrons. The number of β-lactam (4-membered cyclic amide) rings is 1. The second-order valence-electron chi connectivity index (χ2n) is 5.81. The van der Waals surface area contributed by atoms with E-state index in [4.69, 9.17) is 15.2 Å². The highest BCUT2D eigenvalue weighted by Gasteiger charge is 2.46. The molecule has 5 nitrogen and oxygen atoms in total. The van der Waals surface area contributed by atoms with Crippen molar-refractivity contribution in [2.75, 3.05) is 11.7 Å². The maximum atomic E-state index is 12.3. The summed E-state index contributed by atoms with van der Waals surface area (Å²) in [6, 6.07) is 13.1. The quantitative estimate of drug-likeness (QED) is 0.884. The van der Waals surface area contributed by atoms with Gasteiger partial charge in [-0.15, -0.1) is 0 Å². The van der Waals surface area contributed by atoms with E-state index in [-0.39, 0.29) is 18.7 Å². The summed E-state index contributed by atoms with van der Waals surface area (Å²) >= 11 is 0. The lowest BCUT2D eigenvalue weighted by Gasteiger charge is -2.45. The van der Waals surface area contributed by atoms with Crippen LogP contribution in [0.4, 0.5) is 5.69 Å². The summed E-state index contributed by atoms with van der Waals surface area (Å²) in [7, 11) is 0. The minimum Gasteiger partial charge on any atom is -0.454 e. The third-order valence-electron chi connectivity index (χ3n) is 4.50. The first-order chi connectivity index (χ1) is 11.2. The summed E-state index contributed by atoms with van der Waals surface area (Å²) in [4.78, 5) is 14.0. The van der Waals surface area contributed by atoms with Crippen molar-refractivity contribution in [1.29, 1.82) is 0 Å². The molecule has 1 fully saturated rings. The summed E-state index contributed by atoms with van der Waals surface area (Å²) in [5.41, 5.74) is 9.14. The van der Waals surface area contributed by atoms with Crippen LogP contribution in [-0.2, 0) is 11.2 Å². The fourth-order valence-corrected chi connectivity index (χ4v) is 3.14. The Morgan fingerprint density at radius 2 is 1.87 bits per heavy atom. The van der Waals surface area contributed by atoms with Crippen molar-refractivity contribution >= 4 is 11.6 Å². The summed E-state index contributed by atoms with van der Waals surface area (Å²) in [6.45, 7) is 2.34. The van der Waals surface area contributed by atoms with E-state index in [0.29, 0.717) is 5.75 Å². The smallest absolute Gasteiger partial charge is 0.247 e. The maximum Gasteiger partial charge on any atom is 0.247 e. The number of rotatable bonds is 3. The van der Waals surface area contributed by atoms with Gasteiger partial charge in [0.05, 0.1) is 6.04 Å². The topological polar surface area (TPSA) is 64.8 Å². The van der Waals surface area contributed by atoms with Crippen LogP contribution < -0.4 is 20.1 Å². The standard InChI is InChI=1S/C18H18N2O3/c1-2-11-3-6-13(7-4-11)20-17(16(19)18(20)21)12-5-8-14-15(9-12)23-10-22-14/h3-9,16-17H,2,10,19H2,1H3. The molecule has 2 N–H and O–H groups in total. The fraction of sp³-hybridized carbons (Fsp3) is 0.278.